The number of hydrogen-bond acceptors (Lipinski definition) is 5. The molecule has 274 valence electrons. The first-order valence-corrected chi connectivity index (χ1v) is 21.4. The molecule has 0 aromatic heterocycles. The fraction of sp³-hybridized carbons (Fsp3) is 0. The van der Waals surface area contributed by atoms with Crippen LogP contribution in [0.3, 0.4) is 0 Å². The van der Waals surface area contributed by atoms with E-state index in [1.165, 1.54) is 31.8 Å². The van der Waals surface area contributed by atoms with Gasteiger partial charge in [0.2, 0.25) is 0 Å². The zero-order valence-corrected chi connectivity index (χ0v) is 34.5. The van der Waals surface area contributed by atoms with Crippen molar-refractivity contribution < 1.29 is 54.1 Å². The minimum absolute atomic E-state index is 0. The molecule has 0 amide bonds. The van der Waals surface area contributed by atoms with Crippen LogP contribution < -0.4 is 50.5 Å². The molecule has 0 fully saturated rings. The van der Waals surface area contributed by atoms with Crippen molar-refractivity contribution in [1.82, 2.24) is 0 Å². The number of benzene rings is 6. The number of nitrogens with zero attached hydrogens (tertiary/aromatic N) is 1. The van der Waals surface area contributed by atoms with Crippen LogP contribution in [0, 0.1) is 10.2 Å². The minimum Gasteiger partial charge on any atom is -0.660 e. The zero-order valence-electron chi connectivity index (χ0n) is 28.6. The molecular weight excluding hydrogens is 894 g/mol. The molecule has 0 atom stereocenters. The molecule has 0 spiro atoms. The monoisotopic (exact) mass is 927 g/mol. The van der Waals surface area contributed by atoms with Crippen molar-refractivity contribution in [3.8, 4) is 0 Å². The van der Waals surface area contributed by atoms with Crippen molar-refractivity contribution in [2.24, 2.45) is 0 Å². The molecule has 0 radical (unpaired) electrons. The van der Waals surface area contributed by atoms with E-state index in [1.54, 1.807) is 24.4 Å². The Balaban J connectivity index is 0.000000224. The summed E-state index contributed by atoms with van der Waals surface area (Å²) >= 11 is 3.43. The molecule has 0 unspecified atom stereocenters. The molecule has 0 aliphatic heterocycles. The van der Waals surface area contributed by atoms with E-state index in [1.807, 2.05) is 24.3 Å². The van der Waals surface area contributed by atoms with Crippen molar-refractivity contribution in [3.63, 3.8) is 0 Å². The summed E-state index contributed by atoms with van der Waals surface area (Å²) in [5.41, 5.74) is 1.47. The van der Waals surface area contributed by atoms with Crippen LogP contribution in [0.1, 0.15) is 0 Å². The van der Waals surface area contributed by atoms with Gasteiger partial charge in [-0.05, 0) is 85.0 Å². The molecule has 0 N–H and O–H groups in total. The molecule has 7 rings (SSSR count). The Kier molecular flexibility index (Phi) is 17.4. The number of para-hydroxylation sites is 1. The summed E-state index contributed by atoms with van der Waals surface area (Å²) in [6, 6.07) is 61.9. The predicted molar refractivity (Wildman–Crippen MR) is 215 cm³/mol. The van der Waals surface area contributed by atoms with Crippen LogP contribution in [-0.4, -0.2) is 5.78 Å². The first-order chi connectivity index (χ1) is 25.7. The van der Waals surface area contributed by atoms with Crippen LogP contribution in [0.15, 0.2) is 210 Å². The van der Waals surface area contributed by atoms with Gasteiger partial charge in [-0.1, -0.05) is 131 Å². The third kappa shape index (κ3) is 13.5. The van der Waals surface area contributed by atoms with Crippen LogP contribution in [0.2, 0.25) is 0 Å². The van der Waals surface area contributed by atoms with Crippen LogP contribution in [0.25, 0.3) is 5.32 Å². The second kappa shape index (κ2) is 21.9. The van der Waals surface area contributed by atoms with E-state index in [-0.39, 0.29) is 26.2 Å². The number of allylic oxidation sites excluding steroid dienone is 5. The molecule has 1 aliphatic rings. The van der Waals surface area contributed by atoms with Crippen molar-refractivity contribution >= 4 is 75.1 Å². The van der Waals surface area contributed by atoms with E-state index in [9.17, 15) is 4.79 Å². The second-order valence-electron chi connectivity index (χ2n) is 11.4. The van der Waals surface area contributed by atoms with Crippen LogP contribution >= 0.6 is 31.8 Å². The predicted octanol–water partition coefficient (Wildman–Crippen LogP) is 3.90. The summed E-state index contributed by atoms with van der Waals surface area (Å²) in [4.78, 5) is 12.1. The normalized spacial score (nSPS) is 12.8. The molecule has 54 heavy (non-hydrogen) atoms. The second-order valence-corrected chi connectivity index (χ2v) is 18.0. The summed E-state index contributed by atoms with van der Waals surface area (Å²) < 4.78 is 34.8. The maximum absolute atomic E-state index is 12.1. The molecule has 0 bridgehead atoms. The SMILES string of the molecule is O=C1C=CC(Br)=C/C1=C/[N-]c1ccccc1[PH+](c1ccccc1)c1ccccc1.[O-][Cl+3]([O-])([O-])[O-].[Pd+2].c1ccc([PH+](c2ccccc2)c2ccccc2)cc1. The number of carbonyl (C=O) groups is 1. The van der Waals surface area contributed by atoms with Gasteiger partial charge in [-0.15, -0.1) is 10.2 Å². The maximum Gasteiger partial charge on any atom is 2.00 e. The summed E-state index contributed by atoms with van der Waals surface area (Å²) in [5, 5.41) is 12.8. The number of halogens is 2. The van der Waals surface area contributed by atoms with Gasteiger partial charge in [0.05, 0.1) is 21.1 Å². The number of carbonyl (C=O) groups excluding carboxylic acids is 1. The number of rotatable bonds is 8. The van der Waals surface area contributed by atoms with Gasteiger partial charge in [0.25, 0.3) is 0 Å². The standard InChI is InChI=1S/C25H19BrNOP.C18H15P.ClHO4.Pd/c26-20-15-16-24(28)19(17-20)18-27-23-13-7-8-14-25(23)29(21-9-3-1-4-10-21)22-11-5-2-6-12-22;1-4-10-16(11-5-1)19(17-12-6-2-7-13-17)18-14-8-3-9-15-18;2-1(3,4)5;/h1-18H,(H,27,28);1-15H;(H,2,3,4,5);/q;;;+2. The van der Waals surface area contributed by atoms with Crippen molar-refractivity contribution in [2.45, 2.75) is 0 Å². The van der Waals surface area contributed by atoms with Crippen LogP contribution in [0.4, 0.5) is 5.69 Å². The van der Waals surface area contributed by atoms with E-state index in [2.05, 4.69) is 168 Å². The smallest absolute Gasteiger partial charge is 0.660 e. The Morgan fingerprint density at radius 1 is 0.500 bits per heavy atom. The molecule has 1 aliphatic carbocycles. The van der Waals surface area contributed by atoms with Gasteiger partial charge >= 0.3 is 20.4 Å². The van der Waals surface area contributed by atoms with E-state index in [0.29, 0.717) is 5.57 Å². The zero-order chi connectivity index (χ0) is 37.5. The van der Waals surface area contributed by atoms with Crippen molar-refractivity contribution in [3.05, 3.63) is 216 Å². The molecule has 0 heterocycles. The fourth-order valence-corrected chi connectivity index (χ4v) is 11.2. The minimum atomic E-state index is -4.94. The van der Waals surface area contributed by atoms with E-state index >= 15 is 0 Å². The van der Waals surface area contributed by atoms with Crippen molar-refractivity contribution in [1.29, 1.82) is 0 Å². The van der Waals surface area contributed by atoms with Gasteiger partial charge in [-0.3, -0.25) is 4.79 Å². The molecule has 6 aromatic carbocycles. The molecule has 11 heteroatoms. The topological polar surface area (TPSA) is 123 Å². The van der Waals surface area contributed by atoms with Gasteiger partial charge in [0, 0.05) is 10.1 Å². The van der Waals surface area contributed by atoms with Gasteiger partial charge < -0.3 is 5.32 Å². The third-order valence-corrected chi connectivity index (χ3v) is 13.8. The summed E-state index contributed by atoms with van der Waals surface area (Å²) in [6.45, 7) is 0. The average Bonchev–Trinajstić information content (AvgIpc) is 3.18. The first-order valence-electron chi connectivity index (χ1n) is 16.4. The Bertz CT molecular complexity index is 2000. The van der Waals surface area contributed by atoms with Gasteiger partial charge in [0.1, 0.15) is 26.5 Å². The van der Waals surface area contributed by atoms with Crippen molar-refractivity contribution in [2.75, 3.05) is 0 Å². The average molecular weight is 929 g/mol. The molecular formula is C43H35BrClNO5P2Pd+2. The van der Waals surface area contributed by atoms with E-state index in [4.69, 9.17) is 24.0 Å². The third-order valence-electron chi connectivity index (χ3n) is 7.80. The number of hydrogen-bond donors (Lipinski definition) is 0. The Morgan fingerprint density at radius 3 is 1.22 bits per heavy atom. The molecule has 6 aromatic rings. The molecule has 0 saturated heterocycles. The van der Waals surface area contributed by atoms with Gasteiger partial charge in [-0.2, -0.15) is 6.20 Å². The van der Waals surface area contributed by atoms with Crippen LogP contribution in [-0.2, 0) is 25.2 Å². The fourth-order valence-electron chi connectivity index (χ4n) is 5.56. The Hall–Kier alpha value is -3.86. The van der Waals surface area contributed by atoms with Gasteiger partial charge in [0.15, 0.2) is 5.78 Å². The number of ketones is 1. The van der Waals surface area contributed by atoms with Crippen LogP contribution in [0.5, 0.6) is 0 Å². The quantitative estimate of drug-likeness (QED) is 0.130. The van der Waals surface area contributed by atoms with Gasteiger partial charge in [-0.25, -0.2) is 18.6 Å². The summed E-state index contributed by atoms with van der Waals surface area (Å²) in [5.74, 6) is -0.0360. The first kappa shape index (κ1) is 42.9. The Morgan fingerprint density at radius 2 is 0.833 bits per heavy atom. The molecule has 0 saturated carbocycles. The molecule has 6 nitrogen and oxygen atoms in total. The summed E-state index contributed by atoms with van der Waals surface area (Å²) in [6.07, 6.45) is 6.77. The Labute approximate surface area is 342 Å². The summed E-state index contributed by atoms with van der Waals surface area (Å²) in [7, 11) is -7.05. The van der Waals surface area contributed by atoms with E-state index in [0.717, 1.165) is 10.2 Å². The van der Waals surface area contributed by atoms with E-state index < -0.39 is 26.1 Å². The largest absolute Gasteiger partial charge is 2.00 e. The maximum atomic E-state index is 12.1.